The molecule has 0 aliphatic carbocycles. The maximum Gasteiger partial charge on any atom is 0.335 e. The molecular weight excluding hydrogens is 371 g/mol. The minimum absolute atomic E-state index is 0.225. The summed E-state index contributed by atoms with van der Waals surface area (Å²) in [4.78, 5) is 20.1. The highest BCUT2D eigenvalue weighted by molar-refractivity contribution is 5.87. The van der Waals surface area contributed by atoms with Gasteiger partial charge >= 0.3 is 5.97 Å². The van der Waals surface area contributed by atoms with Gasteiger partial charge in [0.15, 0.2) is 0 Å². The molecule has 0 saturated carbocycles. The zero-order valence-corrected chi connectivity index (χ0v) is 16.4. The molecule has 2 heterocycles. The lowest BCUT2D eigenvalue weighted by Crippen LogP contribution is -2.19. The largest absolute Gasteiger partial charge is 0.478 e. The van der Waals surface area contributed by atoms with Crippen LogP contribution in [0.5, 0.6) is 0 Å². The second-order valence-electron chi connectivity index (χ2n) is 6.71. The fourth-order valence-corrected chi connectivity index (χ4v) is 3.08. The lowest BCUT2D eigenvalue weighted by molar-refractivity contribution is 0.0696. The van der Waals surface area contributed by atoms with Crippen molar-refractivity contribution in [3.05, 3.63) is 88.5 Å². The molecule has 3 aromatic rings. The van der Waals surface area contributed by atoms with Crippen LogP contribution < -0.4 is 5.32 Å². The van der Waals surface area contributed by atoms with Gasteiger partial charge in [0.05, 0.1) is 29.7 Å². The number of aryl methyl sites for hydroxylation is 1. The Morgan fingerprint density at radius 3 is 2.69 bits per heavy atom. The van der Waals surface area contributed by atoms with E-state index < -0.39 is 5.97 Å². The van der Waals surface area contributed by atoms with E-state index in [1.165, 1.54) is 12.1 Å². The Hall–Kier alpha value is -3.32. The number of carbonyl (C=O) groups is 1. The first-order valence-electron chi connectivity index (χ1n) is 9.29. The fraction of sp³-hybridized carbons (Fsp3) is 0.227. The average Bonchev–Trinajstić information content (AvgIpc) is 3.05. The number of allylic oxidation sites excluding steroid dienone is 1. The third kappa shape index (κ3) is 5.36. The van der Waals surface area contributed by atoms with Gasteiger partial charge in [-0.2, -0.15) is 0 Å². The van der Waals surface area contributed by atoms with Crippen LogP contribution in [0.4, 0.5) is 4.39 Å². The fourth-order valence-electron chi connectivity index (χ4n) is 3.08. The Bertz CT molecular complexity index is 1030. The number of nitrogens with zero attached hydrogens (tertiary/aromatic N) is 3. The molecule has 0 aliphatic rings. The maximum atomic E-state index is 13.2. The van der Waals surface area contributed by atoms with Crippen LogP contribution in [0, 0.1) is 12.7 Å². The summed E-state index contributed by atoms with van der Waals surface area (Å²) in [6.07, 6.45) is 5.72. The molecule has 0 atom stereocenters. The number of halogens is 1. The topological polar surface area (TPSA) is 80.0 Å². The minimum atomic E-state index is -0.970. The van der Waals surface area contributed by atoms with Gasteiger partial charge in [0.25, 0.3) is 0 Å². The van der Waals surface area contributed by atoms with Crippen LogP contribution in [-0.2, 0) is 19.6 Å². The van der Waals surface area contributed by atoms with Crippen LogP contribution in [0.2, 0.25) is 0 Å². The van der Waals surface area contributed by atoms with Gasteiger partial charge in [-0.05, 0) is 49.8 Å². The average molecular weight is 394 g/mol. The molecule has 2 aromatic heterocycles. The molecule has 0 radical (unpaired) electrons. The second-order valence-corrected chi connectivity index (χ2v) is 6.71. The first-order valence-corrected chi connectivity index (χ1v) is 9.29. The number of aromatic carboxylic acids is 1. The van der Waals surface area contributed by atoms with E-state index in [2.05, 4.69) is 19.9 Å². The van der Waals surface area contributed by atoms with E-state index >= 15 is 0 Å². The molecule has 7 heteroatoms. The number of carboxylic acid groups (broad SMARTS) is 1. The van der Waals surface area contributed by atoms with Crippen molar-refractivity contribution in [2.45, 2.75) is 33.5 Å². The summed E-state index contributed by atoms with van der Waals surface area (Å²) >= 11 is 0. The molecule has 0 aliphatic heterocycles. The van der Waals surface area contributed by atoms with Crippen molar-refractivity contribution < 1.29 is 14.3 Å². The van der Waals surface area contributed by atoms with Gasteiger partial charge in [-0.1, -0.05) is 18.2 Å². The Labute approximate surface area is 168 Å². The van der Waals surface area contributed by atoms with Gasteiger partial charge in [-0.3, -0.25) is 4.98 Å². The summed E-state index contributed by atoms with van der Waals surface area (Å²) in [5.41, 5.74) is 3.48. The molecule has 6 nitrogen and oxygen atoms in total. The van der Waals surface area contributed by atoms with Crippen molar-refractivity contribution in [3.8, 4) is 0 Å². The van der Waals surface area contributed by atoms with E-state index in [1.54, 1.807) is 37.4 Å². The molecule has 0 spiro atoms. The number of hydrogen-bond donors (Lipinski definition) is 2. The highest BCUT2D eigenvalue weighted by atomic mass is 19.1. The molecular formula is C22H23FN4O2. The monoisotopic (exact) mass is 394 g/mol. The predicted molar refractivity (Wildman–Crippen MR) is 109 cm³/mol. The van der Waals surface area contributed by atoms with Gasteiger partial charge in [-0.15, -0.1) is 0 Å². The Morgan fingerprint density at radius 1 is 1.24 bits per heavy atom. The zero-order chi connectivity index (χ0) is 20.8. The molecule has 29 heavy (non-hydrogen) atoms. The van der Waals surface area contributed by atoms with Gasteiger partial charge < -0.3 is 15.0 Å². The van der Waals surface area contributed by atoms with E-state index in [1.807, 2.05) is 19.1 Å². The number of aromatic nitrogens is 3. The molecule has 0 unspecified atom stereocenters. The summed E-state index contributed by atoms with van der Waals surface area (Å²) in [7, 11) is 0. The van der Waals surface area contributed by atoms with Crippen molar-refractivity contribution >= 4 is 12.0 Å². The first kappa shape index (κ1) is 20.4. The standard InChI is InChI=1S/C22H23FN4O2/c1-3-4-20-12-25-21(27(20)14-16-5-7-18(23)8-6-16)13-24-11-19-10-17(22(28)29)9-15(2)26-19/h3-10,12,24H,11,13-14H2,1-2H3,(H,28,29)/b4-3-. The molecule has 150 valence electrons. The third-order valence-electron chi connectivity index (χ3n) is 4.40. The van der Waals surface area contributed by atoms with Gasteiger partial charge in [0, 0.05) is 18.8 Å². The van der Waals surface area contributed by atoms with Crippen LogP contribution in [-0.4, -0.2) is 25.6 Å². The number of pyridine rings is 1. The second kappa shape index (κ2) is 9.25. The normalized spacial score (nSPS) is 11.3. The van der Waals surface area contributed by atoms with E-state index in [4.69, 9.17) is 0 Å². The summed E-state index contributed by atoms with van der Waals surface area (Å²) in [5, 5.41) is 12.5. The molecule has 0 amide bonds. The summed E-state index contributed by atoms with van der Waals surface area (Å²) in [6, 6.07) is 9.53. The Morgan fingerprint density at radius 2 is 2.00 bits per heavy atom. The Kier molecular flexibility index (Phi) is 6.51. The van der Waals surface area contributed by atoms with Crippen molar-refractivity contribution in [3.63, 3.8) is 0 Å². The number of rotatable bonds is 8. The van der Waals surface area contributed by atoms with Gasteiger partial charge in [0.2, 0.25) is 0 Å². The lowest BCUT2D eigenvalue weighted by atomic mass is 10.2. The Balaban J connectivity index is 1.74. The first-order chi connectivity index (χ1) is 14.0. The number of hydrogen-bond acceptors (Lipinski definition) is 4. The molecule has 2 N–H and O–H groups in total. The third-order valence-corrected chi connectivity index (χ3v) is 4.40. The van der Waals surface area contributed by atoms with Crippen LogP contribution >= 0.6 is 0 Å². The quantitative estimate of drug-likeness (QED) is 0.608. The van der Waals surface area contributed by atoms with Crippen LogP contribution in [0.15, 0.2) is 48.7 Å². The summed E-state index contributed by atoms with van der Waals surface area (Å²) in [5.74, 6) is -0.405. The van der Waals surface area contributed by atoms with Crippen molar-refractivity contribution in [2.75, 3.05) is 0 Å². The van der Waals surface area contributed by atoms with Crippen molar-refractivity contribution in [2.24, 2.45) is 0 Å². The molecule has 0 saturated heterocycles. The van der Waals surface area contributed by atoms with Crippen molar-refractivity contribution in [1.29, 1.82) is 0 Å². The number of nitrogens with one attached hydrogen (secondary N) is 1. The van der Waals surface area contributed by atoms with E-state index in [0.29, 0.717) is 31.0 Å². The van der Waals surface area contributed by atoms with E-state index in [9.17, 15) is 14.3 Å². The van der Waals surface area contributed by atoms with Crippen LogP contribution in [0.25, 0.3) is 6.08 Å². The van der Waals surface area contributed by atoms with Crippen molar-refractivity contribution in [1.82, 2.24) is 19.9 Å². The summed E-state index contributed by atoms with van der Waals surface area (Å²) < 4.78 is 15.3. The zero-order valence-electron chi connectivity index (χ0n) is 16.4. The number of imidazole rings is 1. The molecule has 1 aromatic carbocycles. The minimum Gasteiger partial charge on any atom is -0.478 e. The van der Waals surface area contributed by atoms with Crippen LogP contribution in [0.3, 0.4) is 0 Å². The highest BCUT2D eigenvalue weighted by Gasteiger charge is 2.10. The van der Waals surface area contributed by atoms with Gasteiger partial charge in [-0.25, -0.2) is 14.2 Å². The SMILES string of the molecule is C/C=C\c1cnc(CNCc2cc(C(=O)O)cc(C)n2)n1Cc1ccc(F)cc1. The predicted octanol–water partition coefficient (Wildman–Crippen LogP) is 3.80. The molecule has 0 bridgehead atoms. The van der Waals surface area contributed by atoms with E-state index in [-0.39, 0.29) is 11.4 Å². The van der Waals surface area contributed by atoms with E-state index in [0.717, 1.165) is 17.1 Å². The number of benzene rings is 1. The van der Waals surface area contributed by atoms with Gasteiger partial charge in [0.1, 0.15) is 11.6 Å². The highest BCUT2D eigenvalue weighted by Crippen LogP contribution is 2.13. The summed E-state index contributed by atoms with van der Waals surface area (Å²) in [6.45, 7) is 5.19. The molecule has 0 fully saturated rings. The number of carboxylic acids is 1. The molecule has 3 rings (SSSR count). The lowest BCUT2D eigenvalue weighted by Gasteiger charge is -2.12. The smallest absolute Gasteiger partial charge is 0.335 e. The maximum absolute atomic E-state index is 13.2. The van der Waals surface area contributed by atoms with Crippen LogP contribution in [0.1, 0.15) is 45.8 Å².